The highest BCUT2D eigenvalue weighted by atomic mass is 32.1. The molecule has 2 heterocycles. The number of halogens is 1. The summed E-state index contributed by atoms with van der Waals surface area (Å²) >= 11 is 1.13. The molecule has 1 atom stereocenters. The fraction of sp³-hybridized carbons (Fsp3) is 0.182. The quantitative estimate of drug-likeness (QED) is 0.599. The van der Waals surface area contributed by atoms with Crippen molar-refractivity contribution in [1.29, 1.82) is 0 Å². The lowest BCUT2D eigenvalue weighted by atomic mass is 9.89. The molecule has 2 N–H and O–H groups in total. The first-order chi connectivity index (χ1) is 14.7. The van der Waals surface area contributed by atoms with Crippen LogP contribution in [-0.2, 0) is 20.7 Å². The first kappa shape index (κ1) is 20.7. The summed E-state index contributed by atoms with van der Waals surface area (Å²) in [5, 5.41) is 7.03. The number of hydrogen-bond donors (Lipinski definition) is 2. The van der Waals surface area contributed by atoms with Gasteiger partial charge in [-0.15, -0.1) is 11.3 Å². The van der Waals surface area contributed by atoms with Crippen LogP contribution in [0.4, 0.5) is 15.2 Å². The first-order valence-corrected chi connectivity index (χ1v) is 10.3. The Balaban J connectivity index is 1.51. The Morgan fingerprint density at radius 1 is 1.16 bits per heavy atom. The van der Waals surface area contributed by atoms with Crippen LogP contribution in [0.3, 0.4) is 0 Å². The second kappa shape index (κ2) is 7.92. The van der Waals surface area contributed by atoms with Gasteiger partial charge in [0.1, 0.15) is 5.82 Å². The Morgan fingerprint density at radius 3 is 2.68 bits per heavy atom. The zero-order valence-electron chi connectivity index (χ0n) is 16.7. The summed E-state index contributed by atoms with van der Waals surface area (Å²) < 4.78 is 19.9. The van der Waals surface area contributed by atoms with Crippen molar-refractivity contribution >= 4 is 39.9 Å². The maximum absolute atomic E-state index is 14.5. The number of benzene rings is 2. The number of nitrogens with zero attached hydrogens (tertiary/aromatic N) is 1. The molecule has 0 bridgehead atoms. The Kier molecular flexibility index (Phi) is 5.28. The van der Waals surface area contributed by atoms with Crippen LogP contribution < -0.4 is 10.6 Å². The molecule has 4 rings (SSSR count). The number of hydrogen-bond acceptors (Lipinski definition) is 6. The number of cyclic esters (lactones) is 1. The standard InChI is InChI=1S/C22H18FN3O4S/c1-12(27)24-14-7-8-16(17(23)9-14)18-11-31-21(25-18)26-20(29)22(2)10-13-5-3-4-6-15(13)19(28)30-22/h3-9,11H,10H2,1-2H3,(H,24,27)(H,25,26,29)/t22-/m0/s1. The molecule has 1 aliphatic rings. The lowest BCUT2D eigenvalue weighted by Crippen LogP contribution is -2.48. The van der Waals surface area contributed by atoms with E-state index < -0.39 is 23.3 Å². The number of anilines is 2. The number of ether oxygens (including phenoxy) is 1. The molecule has 0 saturated carbocycles. The zero-order chi connectivity index (χ0) is 22.2. The molecule has 0 spiro atoms. The fourth-order valence-electron chi connectivity index (χ4n) is 3.35. The minimum Gasteiger partial charge on any atom is -0.445 e. The van der Waals surface area contributed by atoms with E-state index in [2.05, 4.69) is 15.6 Å². The van der Waals surface area contributed by atoms with Crippen molar-refractivity contribution in [2.45, 2.75) is 25.9 Å². The van der Waals surface area contributed by atoms with Crippen molar-refractivity contribution in [2.75, 3.05) is 10.6 Å². The molecule has 0 radical (unpaired) electrons. The average Bonchev–Trinajstić information content (AvgIpc) is 3.15. The molecule has 1 aliphatic heterocycles. The molecule has 1 aromatic heterocycles. The predicted molar refractivity (Wildman–Crippen MR) is 114 cm³/mol. The van der Waals surface area contributed by atoms with Gasteiger partial charge in [0.25, 0.3) is 5.91 Å². The van der Waals surface area contributed by atoms with Crippen molar-refractivity contribution in [3.63, 3.8) is 0 Å². The second-order valence-electron chi connectivity index (χ2n) is 7.32. The van der Waals surface area contributed by atoms with Crippen LogP contribution in [0.15, 0.2) is 47.8 Å². The summed E-state index contributed by atoms with van der Waals surface area (Å²) in [5.41, 5.74) is 0.700. The maximum Gasteiger partial charge on any atom is 0.339 e. The molecule has 0 fully saturated rings. The van der Waals surface area contributed by atoms with Gasteiger partial charge in [0.05, 0.1) is 11.3 Å². The molecule has 9 heteroatoms. The van der Waals surface area contributed by atoms with Gasteiger partial charge in [-0.2, -0.15) is 0 Å². The van der Waals surface area contributed by atoms with Gasteiger partial charge in [-0.25, -0.2) is 14.2 Å². The third-order valence-corrected chi connectivity index (χ3v) is 5.61. The summed E-state index contributed by atoms with van der Waals surface area (Å²) in [7, 11) is 0. The number of fused-ring (bicyclic) bond motifs is 1. The van der Waals surface area contributed by atoms with Crippen LogP contribution in [-0.4, -0.2) is 28.4 Å². The van der Waals surface area contributed by atoms with E-state index in [0.29, 0.717) is 16.9 Å². The van der Waals surface area contributed by atoms with Crippen LogP contribution in [0.25, 0.3) is 11.3 Å². The fourth-order valence-corrected chi connectivity index (χ4v) is 4.05. The van der Waals surface area contributed by atoms with Crippen LogP contribution in [0.5, 0.6) is 0 Å². The highest BCUT2D eigenvalue weighted by Gasteiger charge is 2.42. The van der Waals surface area contributed by atoms with Gasteiger partial charge in [0.15, 0.2) is 10.7 Å². The van der Waals surface area contributed by atoms with Gasteiger partial charge < -0.3 is 10.1 Å². The lowest BCUT2D eigenvalue weighted by Gasteiger charge is -2.32. The average molecular weight is 439 g/mol. The van der Waals surface area contributed by atoms with Gasteiger partial charge in [-0.1, -0.05) is 18.2 Å². The van der Waals surface area contributed by atoms with E-state index in [-0.39, 0.29) is 23.0 Å². The van der Waals surface area contributed by atoms with E-state index in [1.165, 1.54) is 19.1 Å². The maximum atomic E-state index is 14.5. The number of esters is 1. The van der Waals surface area contributed by atoms with E-state index in [0.717, 1.165) is 16.9 Å². The monoisotopic (exact) mass is 439 g/mol. The summed E-state index contributed by atoms with van der Waals surface area (Å²) in [6.07, 6.45) is 0.234. The summed E-state index contributed by atoms with van der Waals surface area (Å²) in [5.74, 6) is -1.93. The zero-order valence-corrected chi connectivity index (χ0v) is 17.5. The molecule has 2 amide bonds. The van der Waals surface area contributed by atoms with Gasteiger partial charge in [-0.3, -0.25) is 14.9 Å². The molecular formula is C22H18FN3O4S. The molecular weight excluding hydrogens is 421 g/mol. The smallest absolute Gasteiger partial charge is 0.339 e. The van der Waals surface area contributed by atoms with E-state index in [1.807, 2.05) is 0 Å². The third-order valence-electron chi connectivity index (χ3n) is 4.85. The lowest BCUT2D eigenvalue weighted by molar-refractivity contribution is -0.134. The van der Waals surface area contributed by atoms with Crippen LogP contribution in [0, 0.1) is 5.82 Å². The summed E-state index contributed by atoms with van der Waals surface area (Å²) in [4.78, 5) is 40.6. The van der Waals surface area contributed by atoms with Crippen molar-refractivity contribution < 1.29 is 23.5 Å². The number of carbonyl (C=O) groups excluding carboxylic acids is 3. The normalized spacial score (nSPS) is 17.5. The van der Waals surface area contributed by atoms with Crippen molar-refractivity contribution in [3.05, 3.63) is 64.8 Å². The molecule has 158 valence electrons. The molecule has 2 aromatic carbocycles. The largest absolute Gasteiger partial charge is 0.445 e. The minimum absolute atomic E-state index is 0.232. The molecule has 7 nitrogen and oxygen atoms in total. The van der Waals surface area contributed by atoms with Gasteiger partial charge in [0, 0.05) is 30.0 Å². The summed E-state index contributed by atoms with van der Waals surface area (Å²) in [6, 6.07) is 11.3. The van der Waals surface area contributed by atoms with E-state index in [1.54, 1.807) is 42.6 Å². The van der Waals surface area contributed by atoms with Gasteiger partial charge in [-0.05, 0) is 36.8 Å². The molecule has 0 saturated heterocycles. The first-order valence-electron chi connectivity index (χ1n) is 9.41. The van der Waals surface area contributed by atoms with E-state index in [4.69, 9.17) is 4.74 Å². The number of rotatable bonds is 4. The highest BCUT2D eigenvalue weighted by molar-refractivity contribution is 7.14. The third kappa shape index (κ3) is 4.17. The summed E-state index contributed by atoms with van der Waals surface area (Å²) in [6.45, 7) is 2.88. The predicted octanol–water partition coefficient (Wildman–Crippen LogP) is 4.02. The number of carbonyl (C=O) groups is 3. The van der Waals surface area contributed by atoms with Crippen molar-refractivity contribution in [2.24, 2.45) is 0 Å². The molecule has 31 heavy (non-hydrogen) atoms. The topological polar surface area (TPSA) is 97.4 Å². The second-order valence-corrected chi connectivity index (χ2v) is 8.18. The van der Waals surface area contributed by atoms with Crippen LogP contribution in [0.2, 0.25) is 0 Å². The Hall–Kier alpha value is -3.59. The molecule has 3 aromatic rings. The van der Waals surface area contributed by atoms with E-state index in [9.17, 15) is 18.8 Å². The minimum atomic E-state index is -1.39. The van der Waals surface area contributed by atoms with E-state index >= 15 is 0 Å². The van der Waals surface area contributed by atoms with Gasteiger partial charge in [0.2, 0.25) is 5.91 Å². The highest BCUT2D eigenvalue weighted by Crippen LogP contribution is 2.32. The van der Waals surface area contributed by atoms with Crippen molar-refractivity contribution in [1.82, 2.24) is 4.98 Å². The van der Waals surface area contributed by atoms with Crippen LogP contribution in [0.1, 0.15) is 29.8 Å². The molecule has 0 unspecified atom stereocenters. The number of nitrogens with one attached hydrogen (secondary N) is 2. The number of amides is 2. The Bertz CT molecular complexity index is 1210. The Labute approximate surface area is 181 Å². The Morgan fingerprint density at radius 2 is 1.94 bits per heavy atom. The SMILES string of the molecule is CC(=O)Nc1ccc(-c2csc(NC(=O)[C@]3(C)Cc4ccccc4C(=O)O3)n2)c(F)c1. The number of thiazole rings is 1. The van der Waals surface area contributed by atoms with Crippen molar-refractivity contribution in [3.8, 4) is 11.3 Å². The van der Waals surface area contributed by atoms with Gasteiger partial charge >= 0.3 is 5.97 Å². The molecule has 0 aliphatic carbocycles. The van der Waals surface area contributed by atoms with Crippen LogP contribution >= 0.6 is 11.3 Å². The number of aromatic nitrogens is 1.